The van der Waals surface area contributed by atoms with E-state index >= 15 is 0 Å². The van der Waals surface area contributed by atoms with E-state index in [1.54, 1.807) is 0 Å². The summed E-state index contributed by atoms with van der Waals surface area (Å²) in [5.74, 6) is 2.70. The minimum atomic E-state index is -0.265. The monoisotopic (exact) mass is 614 g/mol. The van der Waals surface area contributed by atoms with E-state index < -0.39 is 0 Å². The molecule has 4 nitrogen and oxygen atoms in total. The van der Waals surface area contributed by atoms with Crippen LogP contribution in [0, 0.1) is 59.2 Å². The Morgan fingerprint density at radius 3 is 2.32 bits per heavy atom. The molecule has 2 aromatic rings. The predicted molar refractivity (Wildman–Crippen MR) is 182 cm³/mol. The lowest BCUT2D eigenvalue weighted by atomic mass is 9.33. The van der Waals surface area contributed by atoms with Crippen LogP contribution in [0.5, 0.6) is 0 Å². The second-order valence-electron chi connectivity index (χ2n) is 16.7. The van der Waals surface area contributed by atoms with Gasteiger partial charge in [0.1, 0.15) is 0 Å². The first kappa shape index (κ1) is 30.5. The number of carbonyl (C=O) groups excluding carboxylic acids is 1. The fourth-order valence-corrected chi connectivity index (χ4v) is 13.4. The fourth-order valence-electron chi connectivity index (χ4n) is 12.5. The number of aromatic nitrogens is 1. The summed E-state index contributed by atoms with van der Waals surface area (Å²) in [7, 11) is 1.45. The number of fused-ring (bicyclic) bond motifs is 7. The fraction of sp³-hybridized carbons (Fsp3) is 0.692. The number of benzene rings is 1. The van der Waals surface area contributed by atoms with Crippen molar-refractivity contribution in [2.75, 3.05) is 12.4 Å². The molecule has 44 heavy (non-hydrogen) atoms. The van der Waals surface area contributed by atoms with Gasteiger partial charge in [0.2, 0.25) is 0 Å². The summed E-state index contributed by atoms with van der Waals surface area (Å²) in [6.07, 6.45) is 15.8. The van der Waals surface area contributed by atoms with Gasteiger partial charge in [-0.15, -0.1) is 11.3 Å². The molecule has 7 rings (SSSR count). The van der Waals surface area contributed by atoms with Gasteiger partial charge < -0.3 is 10.1 Å². The summed E-state index contributed by atoms with van der Waals surface area (Å²) in [6, 6.07) is 8.15. The number of nitrogens with zero attached hydrogens (tertiary/aromatic N) is 1. The van der Waals surface area contributed by atoms with Crippen LogP contribution in [0.2, 0.25) is 0 Å². The molecule has 5 aliphatic carbocycles. The maximum atomic E-state index is 12.1. The number of nitrogens with one attached hydrogen (secondary N) is 1. The molecule has 238 valence electrons. The highest BCUT2D eigenvalue weighted by molar-refractivity contribution is 7.15. The molecule has 0 saturated heterocycles. The molecule has 0 amide bonds. The van der Waals surface area contributed by atoms with E-state index in [1.807, 2.05) is 23.5 Å². The Bertz CT molecular complexity index is 1470. The van der Waals surface area contributed by atoms with Crippen LogP contribution in [-0.4, -0.2) is 23.6 Å². The zero-order chi connectivity index (χ0) is 31.3. The van der Waals surface area contributed by atoms with Gasteiger partial charge in [-0.2, -0.15) is 0 Å². The molecule has 0 spiro atoms. The van der Waals surface area contributed by atoms with E-state index in [-0.39, 0.29) is 16.9 Å². The molecule has 8 atom stereocenters. The number of rotatable bonds is 4. The van der Waals surface area contributed by atoms with Crippen molar-refractivity contribution in [1.29, 1.82) is 0 Å². The minimum absolute atomic E-state index is 0.0833. The van der Waals surface area contributed by atoms with Gasteiger partial charge in [-0.05, 0) is 140 Å². The van der Waals surface area contributed by atoms with Gasteiger partial charge in [-0.25, -0.2) is 9.78 Å². The highest BCUT2D eigenvalue weighted by Crippen LogP contribution is 2.76. The molecule has 1 aromatic heterocycles. The average Bonchev–Trinajstić information content (AvgIpc) is 3.54. The second kappa shape index (κ2) is 10.2. The number of allylic oxidation sites excluding steroid dienone is 2. The summed E-state index contributed by atoms with van der Waals surface area (Å²) >= 11 is 1.86. The lowest BCUT2D eigenvalue weighted by Gasteiger charge is -2.72. The number of anilines is 1. The van der Waals surface area contributed by atoms with Gasteiger partial charge in [0.05, 0.1) is 18.4 Å². The van der Waals surface area contributed by atoms with E-state index in [2.05, 4.69) is 72.0 Å². The van der Waals surface area contributed by atoms with Crippen molar-refractivity contribution in [3.63, 3.8) is 0 Å². The predicted octanol–water partition coefficient (Wildman–Crippen LogP) is 10.3. The standard InChI is InChI=1S/C39H54N2O2S/c1-24-25(2)44-34(40-24)41-39-19-9-10-30(39)29-15-16-32-36(5)20-17-28(26-11-13-27(14-12-26)33(42)43-8)35(3,4)31(36)18-21-38(32,7)37(29,6)22-23-39/h11-14,17,29-32H,9-10,15-16,18-23H2,1-8H3,(H,40,41)/t29-,30?,31?,32?,36+,37-,38-,39+/m1/s1. The summed E-state index contributed by atoms with van der Waals surface area (Å²) in [4.78, 5) is 18.4. The Morgan fingerprint density at radius 2 is 1.64 bits per heavy atom. The van der Waals surface area contributed by atoms with Gasteiger partial charge in [0.15, 0.2) is 5.13 Å². The Hall–Kier alpha value is -2.14. The first-order chi connectivity index (χ1) is 20.8. The lowest BCUT2D eigenvalue weighted by Crippen LogP contribution is -2.66. The molecule has 3 unspecified atom stereocenters. The van der Waals surface area contributed by atoms with E-state index in [9.17, 15) is 4.79 Å². The first-order valence-corrected chi connectivity index (χ1v) is 18.2. The zero-order valence-corrected chi connectivity index (χ0v) is 29.3. The van der Waals surface area contributed by atoms with Gasteiger partial charge in [0.25, 0.3) is 0 Å². The quantitative estimate of drug-likeness (QED) is 0.348. The third-order valence-electron chi connectivity index (χ3n) is 14.9. The van der Waals surface area contributed by atoms with Crippen LogP contribution in [-0.2, 0) is 4.74 Å². The van der Waals surface area contributed by atoms with E-state index in [0.717, 1.165) is 29.3 Å². The van der Waals surface area contributed by atoms with Crippen LogP contribution in [0.1, 0.15) is 125 Å². The highest BCUT2D eigenvalue weighted by Gasteiger charge is 2.69. The number of hydrogen-bond donors (Lipinski definition) is 1. The molecule has 5 aliphatic rings. The van der Waals surface area contributed by atoms with Crippen molar-refractivity contribution >= 4 is 28.0 Å². The minimum Gasteiger partial charge on any atom is -0.465 e. The molecule has 0 bridgehead atoms. The Kier molecular flexibility index (Phi) is 7.06. The molecule has 4 saturated carbocycles. The van der Waals surface area contributed by atoms with E-state index in [1.165, 1.54) is 86.6 Å². The smallest absolute Gasteiger partial charge is 0.337 e. The largest absolute Gasteiger partial charge is 0.465 e. The molecule has 0 radical (unpaired) electrons. The van der Waals surface area contributed by atoms with Crippen LogP contribution in [0.3, 0.4) is 0 Å². The average molecular weight is 615 g/mol. The summed E-state index contributed by atoms with van der Waals surface area (Å²) in [5.41, 5.74) is 5.92. The highest BCUT2D eigenvalue weighted by atomic mass is 32.1. The maximum absolute atomic E-state index is 12.1. The Labute approximate surface area is 269 Å². The zero-order valence-electron chi connectivity index (χ0n) is 28.4. The molecule has 5 heteroatoms. The topological polar surface area (TPSA) is 51.2 Å². The third-order valence-corrected chi connectivity index (χ3v) is 15.9. The third kappa shape index (κ3) is 4.12. The van der Waals surface area contributed by atoms with Gasteiger partial charge in [0, 0.05) is 10.4 Å². The summed E-state index contributed by atoms with van der Waals surface area (Å²) < 4.78 is 4.95. The lowest BCUT2D eigenvalue weighted by molar-refractivity contribution is -0.213. The summed E-state index contributed by atoms with van der Waals surface area (Å²) in [5, 5.41) is 5.29. The van der Waals surface area contributed by atoms with Crippen molar-refractivity contribution in [2.45, 2.75) is 118 Å². The van der Waals surface area contributed by atoms with Crippen LogP contribution in [0.4, 0.5) is 5.13 Å². The van der Waals surface area contributed by atoms with Gasteiger partial charge in [-0.1, -0.05) is 59.2 Å². The molecular weight excluding hydrogens is 561 g/mol. The molecule has 1 N–H and O–H groups in total. The first-order valence-electron chi connectivity index (χ1n) is 17.4. The molecule has 4 fully saturated rings. The molecule has 1 heterocycles. The van der Waals surface area contributed by atoms with Crippen molar-refractivity contribution in [2.24, 2.45) is 45.3 Å². The summed E-state index contributed by atoms with van der Waals surface area (Å²) in [6.45, 7) is 17.5. The molecular formula is C39H54N2O2S. The number of carbonyl (C=O) groups is 1. The number of methoxy groups -OCH3 is 1. The SMILES string of the molecule is COC(=O)c1ccc(C2=CC[C@@]3(C)C(CC[C@]4(C)C3CC[C@@H]3C5CCC[C@]5(Nc5nc(C)c(C)s5)CC[C@]34C)C2(C)C)cc1. The normalized spacial score (nSPS) is 40.6. The maximum Gasteiger partial charge on any atom is 0.337 e. The molecule has 0 aliphatic heterocycles. The van der Waals surface area contributed by atoms with Crippen molar-refractivity contribution < 1.29 is 9.53 Å². The molecule has 1 aromatic carbocycles. The van der Waals surface area contributed by atoms with E-state index in [0.29, 0.717) is 27.7 Å². The number of hydrogen-bond acceptors (Lipinski definition) is 5. The number of ether oxygens (including phenoxy) is 1. The van der Waals surface area contributed by atoms with E-state index in [4.69, 9.17) is 9.72 Å². The Balaban J connectivity index is 1.18. The van der Waals surface area contributed by atoms with Crippen molar-refractivity contribution in [3.8, 4) is 0 Å². The number of esters is 1. The van der Waals surface area contributed by atoms with Gasteiger partial charge in [-0.3, -0.25) is 0 Å². The van der Waals surface area contributed by atoms with Crippen LogP contribution in [0.25, 0.3) is 5.57 Å². The van der Waals surface area contributed by atoms with Crippen LogP contribution < -0.4 is 5.32 Å². The van der Waals surface area contributed by atoms with Crippen LogP contribution >= 0.6 is 11.3 Å². The van der Waals surface area contributed by atoms with Crippen LogP contribution in [0.15, 0.2) is 30.3 Å². The van der Waals surface area contributed by atoms with Crippen molar-refractivity contribution in [1.82, 2.24) is 4.98 Å². The number of thiazole rings is 1. The van der Waals surface area contributed by atoms with Gasteiger partial charge >= 0.3 is 5.97 Å². The second-order valence-corrected chi connectivity index (χ2v) is 17.9. The van der Waals surface area contributed by atoms with Crippen molar-refractivity contribution in [3.05, 3.63) is 52.0 Å². The number of aryl methyl sites for hydroxylation is 2. The Morgan fingerprint density at radius 1 is 0.886 bits per heavy atom.